The Bertz CT molecular complexity index is 915. The van der Waals surface area contributed by atoms with Gasteiger partial charge in [0, 0.05) is 10.9 Å². The van der Waals surface area contributed by atoms with Gasteiger partial charge in [0.2, 0.25) is 0 Å². The van der Waals surface area contributed by atoms with Crippen molar-refractivity contribution in [1.82, 2.24) is 5.43 Å². The SMILES string of the molecule is CCOc1ccc2oc(C(=O)N/N=C/c3ccccc3OC)cc2c1. The molecular weight excluding hydrogens is 320 g/mol. The number of hydrazone groups is 1. The topological polar surface area (TPSA) is 73.1 Å². The number of carbonyl (C=O) groups is 1. The first kappa shape index (κ1) is 16.6. The van der Waals surface area contributed by atoms with Crippen molar-refractivity contribution in [3.63, 3.8) is 0 Å². The first-order chi connectivity index (χ1) is 12.2. The van der Waals surface area contributed by atoms with Crippen molar-refractivity contribution < 1.29 is 18.7 Å². The standard InChI is InChI=1S/C19H18N2O4/c1-3-24-15-8-9-17-14(10-15)11-18(25-17)19(22)21-20-12-13-6-4-5-7-16(13)23-2/h4-12H,3H2,1-2H3,(H,21,22)/b20-12+. The van der Waals surface area contributed by atoms with E-state index in [1.54, 1.807) is 25.3 Å². The lowest BCUT2D eigenvalue weighted by atomic mass is 10.2. The molecule has 0 bridgehead atoms. The van der Waals surface area contributed by atoms with Crippen molar-refractivity contribution in [3.05, 3.63) is 59.9 Å². The van der Waals surface area contributed by atoms with Crippen LogP contribution >= 0.6 is 0 Å². The van der Waals surface area contributed by atoms with Gasteiger partial charge in [-0.25, -0.2) is 5.43 Å². The molecule has 128 valence electrons. The number of rotatable bonds is 6. The van der Waals surface area contributed by atoms with Gasteiger partial charge in [0.1, 0.15) is 17.1 Å². The Morgan fingerprint density at radius 1 is 1.24 bits per heavy atom. The van der Waals surface area contributed by atoms with E-state index < -0.39 is 5.91 Å². The van der Waals surface area contributed by atoms with Crippen LogP contribution in [0.3, 0.4) is 0 Å². The highest BCUT2D eigenvalue weighted by Crippen LogP contribution is 2.24. The van der Waals surface area contributed by atoms with Gasteiger partial charge < -0.3 is 13.9 Å². The Balaban J connectivity index is 1.72. The van der Waals surface area contributed by atoms with Gasteiger partial charge in [-0.2, -0.15) is 5.10 Å². The number of hydrogen-bond donors (Lipinski definition) is 1. The number of amides is 1. The van der Waals surface area contributed by atoms with E-state index in [-0.39, 0.29) is 5.76 Å². The Morgan fingerprint density at radius 3 is 2.88 bits per heavy atom. The minimum Gasteiger partial charge on any atom is -0.496 e. The molecule has 3 aromatic rings. The highest BCUT2D eigenvalue weighted by atomic mass is 16.5. The van der Waals surface area contributed by atoms with Crippen LogP contribution in [0, 0.1) is 0 Å². The van der Waals surface area contributed by atoms with Crippen LogP contribution in [-0.4, -0.2) is 25.8 Å². The molecule has 0 radical (unpaired) electrons. The molecule has 1 heterocycles. The number of benzene rings is 2. The van der Waals surface area contributed by atoms with E-state index >= 15 is 0 Å². The number of carbonyl (C=O) groups excluding carboxylic acids is 1. The summed E-state index contributed by atoms with van der Waals surface area (Å²) in [6, 6.07) is 14.4. The fraction of sp³-hybridized carbons (Fsp3) is 0.158. The fourth-order valence-corrected chi connectivity index (χ4v) is 2.38. The highest BCUT2D eigenvalue weighted by molar-refractivity contribution is 5.97. The molecule has 0 aliphatic carbocycles. The van der Waals surface area contributed by atoms with Crippen LogP contribution in [0.15, 0.2) is 58.0 Å². The average Bonchev–Trinajstić information content (AvgIpc) is 3.06. The van der Waals surface area contributed by atoms with Gasteiger partial charge in [0.25, 0.3) is 0 Å². The van der Waals surface area contributed by atoms with E-state index in [9.17, 15) is 4.79 Å². The molecule has 2 aromatic carbocycles. The summed E-state index contributed by atoms with van der Waals surface area (Å²) in [5, 5.41) is 4.75. The molecule has 0 saturated heterocycles. The lowest BCUT2D eigenvalue weighted by Crippen LogP contribution is -2.16. The first-order valence-corrected chi connectivity index (χ1v) is 7.84. The normalized spacial score (nSPS) is 11.0. The predicted molar refractivity (Wildman–Crippen MR) is 95.4 cm³/mol. The minimum atomic E-state index is -0.430. The minimum absolute atomic E-state index is 0.181. The largest absolute Gasteiger partial charge is 0.496 e. The highest BCUT2D eigenvalue weighted by Gasteiger charge is 2.12. The van der Waals surface area contributed by atoms with Crippen LogP contribution in [0.5, 0.6) is 11.5 Å². The van der Waals surface area contributed by atoms with E-state index in [4.69, 9.17) is 13.9 Å². The summed E-state index contributed by atoms with van der Waals surface area (Å²) in [6.45, 7) is 2.49. The Labute approximate surface area is 145 Å². The van der Waals surface area contributed by atoms with Crippen LogP contribution in [-0.2, 0) is 0 Å². The molecule has 0 aliphatic heterocycles. The third kappa shape index (κ3) is 3.80. The smallest absolute Gasteiger partial charge is 0.307 e. The molecule has 6 nitrogen and oxygen atoms in total. The van der Waals surface area contributed by atoms with Crippen molar-refractivity contribution in [2.45, 2.75) is 6.92 Å². The quantitative estimate of drug-likeness (QED) is 0.550. The number of furan rings is 1. The monoisotopic (exact) mass is 338 g/mol. The predicted octanol–water partition coefficient (Wildman–Crippen LogP) is 3.60. The van der Waals surface area contributed by atoms with Gasteiger partial charge >= 0.3 is 5.91 Å². The number of ether oxygens (including phenoxy) is 2. The maximum Gasteiger partial charge on any atom is 0.307 e. The summed E-state index contributed by atoms with van der Waals surface area (Å²) in [4.78, 5) is 12.2. The molecule has 25 heavy (non-hydrogen) atoms. The number of methoxy groups -OCH3 is 1. The third-order valence-corrected chi connectivity index (χ3v) is 3.53. The van der Waals surface area contributed by atoms with Crippen molar-refractivity contribution in [2.24, 2.45) is 5.10 Å². The van der Waals surface area contributed by atoms with Gasteiger partial charge in [0.15, 0.2) is 5.76 Å². The van der Waals surface area contributed by atoms with Crippen LogP contribution in [0.4, 0.5) is 0 Å². The van der Waals surface area contributed by atoms with E-state index in [2.05, 4.69) is 10.5 Å². The van der Waals surface area contributed by atoms with E-state index in [1.807, 2.05) is 37.3 Å². The van der Waals surface area contributed by atoms with Gasteiger partial charge in [-0.1, -0.05) is 12.1 Å². The van der Waals surface area contributed by atoms with Crippen LogP contribution < -0.4 is 14.9 Å². The van der Waals surface area contributed by atoms with E-state index in [1.165, 1.54) is 6.21 Å². The number of fused-ring (bicyclic) bond motifs is 1. The van der Waals surface area contributed by atoms with Gasteiger partial charge in [-0.05, 0) is 43.3 Å². The molecule has 0 atom stereocenters. The Hall–Kier alpha value is -3.28. The molecule has 0 aliphatic rings. The van der Waals surface area contributed by atoms with Crippen molar-refractivity contribution >= 4 is 23.1 Å². The summed E-state index contributed by atoms with van der Waals surface area (Å²) in [6.07, 6.45) is 1.52. The van der Waals surface area contributed by atoms with Crippen molar-refractivity contribution in [2.75, 3.05) is 13.7 Å². The zero-order valence-electron chi connectivity index (χ0n) is 14.0. The molecule has 1 N–H and O–H groups in total. The fourth-order valence-electron chi connectivity index (χ4n) is 2.38. The summed E-state index contributed by atoms with van der Waals surface area (Å²) < 4.78 is 16.2. The van der Waals surface area contributed by atoms with Gasteiger partial charge in [0.05, 0.1) is 19.9 Å². The van der Waals surface area contributed by atoms with Crippen molar-refractivity contribution in [1.29, 1.82) is 0 Å². The molecule has 0 fully saturated rings. The number of nitrogens with one attached hydrogen (secondary N) is 1. The summed E-state index contributed by atoms with van der Waals surface area (Å²) >= 11 is 0. The Morgan fingerprint density at radius 2 is 2.08 bits per heavy atom. The van der Waals surface area contributed by atoms with Crippen molar-refractivity contribution in [3.8, 4) is 11.5 Å². The molecule has 3 rings (SSSR count). The third-order valence-electron chi connectivity index (χ3n) is 3.53. The zero-order chi connectivity index (χ0) is 17.6. The molecular formula is C19H18N2O4. The molecule has 0 unspecified atom stereocenters. The van der Waals surface area contributed by atoms with Gasteiger partial charge in [-0.15, -0.1) is 0 Å². The molecule has 0 saturated carbocycles. The Kier molecular flexibility index (Phi) is 4.99. The molecule has 1 amide bonds. The molecule has 6 heteroatoms. The number of para-hydroxylation sites is 1. The lowest BCUT2D eigenvalue weighted by molar-refractivity contribution is 0.0929. The van der Waals surface area contributed by atoms with Crippen LogP contribution in [0.25, 0.3) is 11.0 Å². The second-order valence-corrected chi connectivity index (χ2v) is 5.18. The van der Waals surface area contributed by atoms with Crippen LogP contribution in [0.2, 0.25) is 0 Å². The maximum atomic E-state index is 12.2. The molecule has 1 aromatic heterocycles. The average molecular weight is 338 g/mol. The maximum absolute atomic E-state index is 12.2. The second-order valence-electron chi connectivity index (χ2n) is 5.18. The second kappa shape index (κ2) is 7.53. The summed E-state index contributed by atoms with van der Waals surface area (Å²) in [5.74, 6) is 1.16. The molecule has 0 spiro atoms. The first-order valence-electron chi connectivity index (χ1n) is 7.84. The summed E-state index contributed by atoms with van der Waals surface area (Å²) in [5.41, 5.74) is 3.82. The number of hydrogen-bond acceptors (Lipinski definition) is 5. The lowest BCUT2D eigenvalue weighted by Gasteiger charge is -2.02. The number of nitrogens with zero attached hydrogens (tertiary/aromatic N) is 1. The van der Waals surface area contributed by atoms with Crippen LogP contribution in [0.1, 0.15) is 23.0 Å². The van der Waals surface area contributed by atoms with E-state index in [0.29, 0.717) is 17.9 Å². The summed E-state index contributed by atoms with van der Waals surface area (Å²) in [7, 11) is 1.58. The van der Waals surface area contributed by atoms with E-state index in [0.717, 1.165) is 16.7 Å². The van der Waals surface area contributed by atoms with Gasteiger partial charge in [-0.3, -0.25) is 4.79 Å². The zero-order valence-corrected chi connectivity index (χ0v) is 14.0.